The van der Waals surface area contributed by atoms with E-state index in [1.807, 2.05) is 60.7 Å². The topological polar surface area (TPSA) is 63.6 Å². The molecule has 8 atom stereocenters. The van der Waals surface area contributed by atoms with E-state index in [-0.39, 0.29) is 28.5 Å². The summed E-state index contributed by atoms with van der Waals surface area (Å²) in [4.78, 5) is 27.9. The molecule has 38 heavy (non-hydrogen) atoms. The number of aliphatic hydroxyl groups is 1. The van der Waals surface area contributed by atoms with Crippen LogP contribution in [0.3, 0.4) is 0 Å². The SMILES string of the molecule is COc1ccc(C(C(=O)c2ccccc2)C2C[C@@]3(C)C(=CC2=O)CC[C@@H]2[C@@H]3CC[C@]3(C)C(O)CC[C@@H]23)cc1. The van der Waals surface area contributed by atoms with Crippen molar-refractivity contribution in [2.75, 3.05) is 7.11 Å². The average Bonchev–Trinajstić information content (AvgIpc) is 3.24. The highest BCUT2D eigenvalue weighted by molar-refractivity contribution is 6.06. The maximum atomic E-state index is 14.1. The molecule has 1 N–H and O–H groups in total. The molecule has 0 aromatic heterocycles. The van der Waals surface area contributed by atoms with Crippen LogP contribution >= 0.6 is 0 Å². The van der Waals surface area contributed by atoms with Gasteiger partial charge in [-0.25, -0.2) is 0 Å². The number of ketones is 2. The maximum absolute atomic E-state index is 14.1. The zero-order valence-corrected chi connectivity index (χ0v) is 22.9. The largest absolute Gasteiger partial charge is 0.497 e. The van der Waals surface area contributed by atoms with Crippen LogP contribution in [-0.2, 0) is 4.79 Å². The molecule has 6 rings (SSSR count). The monoisotopic (exact) mass is 512 g/mol. The number of hydrogen-bond donors (Lipinski definition) is 1. The van der Waals surface area contributed by atoms with E-state index >= 15 is 0 Å². The lowest BCUT2D eigenvalue weighted by atomic mass is 9.46. The third-order valence-electron chi connectivity index (χ3n) is 11.2. The number of carbonyl (C=O) groups excluding carboxylic acids is 2. The number of fused-ring (bicyclic) bond motifs is 5. The first-order chi connectivity index (χ1) is 18.3. The molecule has 4 aliphatic carbocycles. The van der Waals surface area contributed by atoms with Crippen molar-refractivity contribution in [3.05, 3.63) is 77.4 Å². The van der Waals surface area contributed by atoms with Gasteiger partial charge >= 0.3 is 0 Å². The fourth-order valence-electron chi connectivity index (χ4n) is 9.10. The van der Waals surface area contributed by atoms with Gasteiger partial charge in [-0.15, -0.1) is 0 Å². The normalized spacial score (nSPS) is 36.9. The Hall–Kier alpha value is -2.72. The van der Waals surface area contributed by atoms with E-state index in [1.165, 1.54) is 5.57 Å². The molecule has 4 aliphatic rings. The summed E-state index contributed by atoms with van der Waals surface area (Å²) in [6, 6.07) is 17.1. The smallest absolute Gasteiger partial charge is 0.171 e. The molecule has 3 unspecified atom stereocenters. The van der Waals surface area contributed by atoms with Crippen LogP contribution in [0.15, 0.2) is 66.2 Å². The van der Waals surface area contributed by atoms with E-state index in [9.17, 15) is 14.7 Å². The van der Waals surface area contributed by atoms with E-state index in [2.05, 4.69) is 13.8 Å². The van der Waals surface area contributed by atoms with Gasteiger partial charge in [0.1, 0.15) is 5.75 Å². The number of allylic oxidation sites excluding steroid dienone is 1. The molecule has 0 aliphatic heterocycles. The van der Waals surface area contributed by atoms with Crippen molar-refractivity contribution in [3.8, 4) is 5.75 Å². The van der Waals surface area contributed by atoms with Crippen molar-refractivity contribution < 1.29 is 19.4 Å². The number of benzene rings is 2. The number of aliphatic hydroxyl groups excluding tert-OH is 1. The molecule has 0 spiro atoms. The van der Waals surface area contributed by atoms with E-state index < -0.39 is 11.8 Å². The zero-order valence-electron chi connectivity index (χ0n) is 22.9. The standard InChI is InChI=1S/C34H40O4/c1-33-18-17-28-25(27(33)15-16-30(33)36)14-11-23-19-29(35)26(20-34(23,28)2)31(21-9-12-24(38-3)13-10-21)32(37)22-7-5-4-6-8-22/h4-10,12-13,19,25-28,30-31,36H,11,14-18,20H2,1-3H3/t25-,26?,27-,28-,30?,31?,33-,34-/m0/s1. The van der Waals surface area contributed by atoms with Crippen LogP contribution in [0.2, 0.25) is 0 Å². The van der Waals surface area contributed by atoms with Crippen molar-refractivity contribution in [2.24, 2.45) is 34.5 Å². The van der Waals surface area contributed by atoms with Gasteiger partial charge in [0.25, 0.3) is 0 Å². The molecule has 0 amide bonds. The summed E-state index contributed by atoms with van der Waals surface area (Å²) in [5, 5.41) is 10.9. The van der Waals surface area contributed by atoms with Gasteiger partial charge in [-0.2, -0.15) is 0 Å². The molecule has 2 aromatic carbocycles. The van der Waals surface area contributed by atoms with Crippen molar-refractivity contribution in [1.29, 1.82) is 0 Å². The summed E-state index contributed by atoms with van der Waals surface area (Å²) in [5.74, 6) is 1.53. The number of hydrogen-bond acceptors (Lipinski definition) is 4. The highest BCUT2D eigenvalue weighted by Crippen LogP contribution is 2.66. The fraction of sp³-hybridized carbons (Fsp3) is 0.529. The van der Waals surface area contributed by atoms with Gasteiger partial charge < -0.3 is 9.84 Å². The third kappa shape index (κ3) is 3.90. The number of Topliss-reactive ketones (excluding diaryl/α,β-unsaturated/α-hetero) is 1. The summed E-state index contributed by atoms with van der Waals surface area (Å²) < 4.78 is 5.38. The number of carbonyl (C=O) groups is 2. The summed E-state index contributed by atoms with van der Waals surface area (Å²) in [6.45, 7) is 4.69. The Labute approximate surface area is 226 Å². The van der Waals surface area contributed by atoms with E-state index in [1.54, 1.807) is 7.11 Å². The summed E-state index contributed by atoms with van der Waals surface area (Å²) in [6.07, 6.45) is 8.67. The van der Waals surface area contributed by atoms with Gasteiger partial charge in [0, 0.05) is 11.5 Å². The second-order valence-corrected chi connectivity index (χ2v) is 12.8. The van der Waals surface area contributed by atoms with Crippen molar-refractivity contribution in [2.45, 2.75) is 70.8 Å². The molecule has 2 aromatic rings. The quantitative estimate of drug-likeness (QED) is 0.449. The van der Waals surface area contributed by atoms with Crippen LogP contribution in [-0.4, -0.2) is 29.9 Å². The Morgan fingerprint density at radius 1 is 0.974 bits per heavy atom. The Morgan fingerprint density at radius 2 is 1.71 bits per heavy atom. The summed E-state index contributed by atoms with van der Waals surface area (Å²) in [7, 11) is 1.64. The zero-order chi connectivity index (χ0) is 26.7. The highest BCUT2D eigenvalue weighted by Gasteiger charge is 2.60. The molecule has 200 valence electrons. The second kappa shape index (κ2) is 9.48. The first kappa shape index (κ1) is 25.6. The molecule has 0 heterocycles. The summed E-state index contributed by atoms with van der Waals surface area (Å²) >= 11 is 0. The molecular weight excluding hydrogens is 472 g/mol. The minimum absolute atomic E-state index is 0.0112. The molecule has 4 heteroatoms. The molecule has 3 saturated carbocycles. The minimum Gasteiger partial charge on any atom is -0.497 e. The molecule has 3 fully saturated rings. The van der Waals surface area contributed by atoms with Crippen LogP contribution in [0, 0.1) is 34.5 Å². The van der Waals surface area contributed by atoms with Crippen molar-refractivity contribution in [3.63, 3.8) is 0 Å². The lowest BCUT2D eigenvalue weighted by Gasteiger charge is -2.58. The third-order valence-corrected chi connectivity index (χ3v) is 11.2. The number of methoxy groups -OCH3 is 1. The first-order valence-electron chi connectivity index (χ1n) is 14.4. The fourth-order valence-corrected chi connectivity index (χ4v) is 9.10. The van der Waals surface area contributed by atoms with Gasteiger partial charge in [0.2, 0.25) is 0 Å². The highest BCUT2D eigenvalue weighted by atomic mass is 16.5. The Kier molecular flexibility index (Phi) is 6.38. The Bertz CT molecular complexity index is 1250. The Balaban J connectivity index is 1.38. The van der Waals surface area contributed by atoms with Gasteiger partial charge in [0.05, 0.1) is 19.1 Å². The van der Waals surface area contributed by atoms with Crippen LogP contribution in [0.4, 0.5) is 0 Å². The van der Waals surface area contributed by atoms with Crippen LogP contribution < -0.4 is 4.74 Å². The molecule has 0 saturated heterocycles. The van der Waals surface area contributed by atoms with Crippen LogP contribution in [0.5, 0.6) is 5.75 Å². The first-order valence-corrected chi connectivity index (χ1v) is 14.4. The predicted octanol–water partition coefficient (Wildman–Crippen LogP) is 6.78. The maximum Gasteiger partial charge on any atom is 0.171 e. The van der Waals surface area contributed by atoms with Crippen molar-refractivity contribution >= 4 is 11.6 Å². The van der Waals surface area contributed by atoms with Gasteiger partial charge in [-0.1, -0.05) is 61.9 Å². The van der Waals surface area contributed by atoms with Crippen LogP contribution in [0.25, 0.3) is 0 Å². The number of ether oxygens (including phenoxy) is 1. The van der Waals surface area contributed by atoms with E-state index in [0.29, 0.717) is 29.7 Å². The van der Waals surface area contributed by atoms with Crippen molar-refractivity contribution in [1.82, 2.24) is 0 Å². The van der Waals surface area contributed by atoms with Gasteiger partial charge in [-0.3, -0.25) is 9.59 Å². The number of rotatable bonds is 5. The lowest BCUT2D eigenvalue weighted by Crippen LogP contribution is -2.52. The van der Waals surface area contributed by atoms with Gasteiger partial charge in [0.15, 0.2) is 11.6 Å². The lowest BCUT2D eigenvalue weighted by molar-refractivity contribution is -0.123. The predicted molar refractivity (Wildman–Crippen MR) is 148 cm³/mol. The molecule has 0 bridgehead atoms. The molecule has 0 radical (unpaired) electrons. The molecule has 4 nitrogen and oxygen atoms in total. The van der Waals surface area contributed by atoms with Gasteiger partial charge in [-0.05, 0) is 97.3 Å². The Morgan fingerprint density at radius 3 is 2.42 bits per heavy atom. The van der Waals surface area contributed by atoms with E-state index in [4.69, 9.17) is 4.74 Å². The summed E-state index contributed by atoms with van der Waals surface area (Å²) in [5.41, 5.74) is 2.75. The van der Waals surface area contributed by atoms with Crippen LogP contribution in [0.1, 0.15) is 80.6 Å². The second-order valence-electron chi connectivity index (χ2n) is 12.8. The minimum atomic E-state index is -0.534. The average molecular weight is 513 g/mol. The van der Waals surface area contributed by atoms with E-state index in [0.717, 1.165) is 49.8 Å². The molecular formula is C34H40O4.